The number of aryl methyl sites for hydroxylation is 1. The quantitative estimate of drug-likeness (QED) is 0.500. The molecule has 1 aromatic heterocycles. The van der Waals surface area contributed by atoms with Gasteiger partial charge in [0.1, 0.15) is 11.6 Å². The second-order valence-corrected chi connectivity index (χ2v) is 8.96. The van der Waals surface area contributed by atoms with Gasteiger partial charge in [-0.05, 0) is 32.8 Å². The third-order valence-corrected chi connectivity index (χ3v) is 6.07. The molecule has 1 aliphatic rings. The molecular weight excluding hydrogens is 420 g/mol. The molecule has 2 heterocycles. The Labute approximate surface area is 195 Å². The number of nitrogens with zero attached hydrogens (tertiary/aromatic N) is 5. The molecule has 9 nitrogen and oxygen atoms in total. The topological polar surface area (TPSA) is 105 Å². The first kappa shape index (κ1) is 24.4. The van der Waals surface area contributed by atoms with Crippen LogP contribution in [0.4, 0.5) is 16.3 Å². The van der Waals surface area contributed by atoms with Crippen molar-refractivity contribution in [1.82, 2.24) is 20.2 Å². The van der Waals surface area contributed by atoms with E-state index in [0.29, 0.717) is 32.6 Å². The first-order valence-electron chi connectivity index (χ1n) is 11.6. The number of rotatable bonds is 7. The normalized spacial score (nSPS) is 15.0. The number of hydrogen-bond donors (Lipinski definition) is 1. The number of urea groups is 1. The van der Waals surface area contributed by atoms with Gasteiger partial charge in [-0.3, -0.25) is 10.1 Å². The van der Waals surface area contributed by atoms with E-state index in [1.165, 1.54) is 12.1 Å². The average Bonchev–Trinajstić information content (AvgIpc) is 2.79. The summed E-state index contributed by atoms with van der Waals surface area (Å²) < 4.78 is 0. The van der Waals surface area contributed by atoms with Crippen LogP contribution < -0.4 is 10.2 Å². The molecule has 1 aliphatic heterocycles. The summed E-state index contributed by atoms with van der Waals surface area (Å²) in [4.78, 5) is 36.9. The van der Waals surface area contributed by atoms with Crippen molar-refractivity contribution in [2.24, 2.45) is 0 Å². The van der Waals surface area contributed by atoms with Crippen LogP contribution in [0, 0.1) is 17.0 Å². The number of piperazine rings is 1. The third-order valence-electron chi connectivity index (χ3n) is 6.07. The third kappa shape index (κ3) is 5.97. The molecule has 178 valence electrons. The van der Waals surface area contributed by atoms with Crippen LogP contribution in [0.3, 0.4) is 0 Å². The number of nitrogens with one attached hydrogen (secondary N) is 1. The van der Waals surface area contributed by atoms with E-state index >= 15 is 0 Å². The van der Waals surface area contributed by atoms with E-state index in [1.807, 2.05) is 25.7 Å². The molecule has 1 fully saturated rings. The Balaban J connectivity index is 1.88. The number of carbonyl (C=O) groups excluding carboxylic acids is 1. The molecule has 33 heavy (non-hydrogen) atoms. The predicted molar refractivity (Wildman–Crippen MR) is 129 cm³/mol. The van der Waals surface area contributed by atoms with Crippen LogP contribution in [0.15, 0.2) is 24.3 Å². The van der Waals surface area contributed by atoms with Crippen LogP contribution in [-0.2, 0) is 6.42 Å². The number of benzene rings is 1. The Morgan fingerprint density at radius 1 is 1.12 bits per heavy atom. The number of carbonyl (C=O) groups is 1. The number of nitro benzene ring substituents is 1. The standard InChI is InChI=1S/C24H34N6O3/c1-6-17(4)22-26-18(5)21(15-19-7-9-20(10-8-19)30(32)33)23(27-22)28-11-13-29(14-12-28)24(31)25-16(2)3/h7-10,16-17H,6,11-15H2,1-5H3,(H,25,31)/t17-/m1/s1. The predicted octanol–water partition coefficient (Wildman–Crippen LogP) is 4.04. The van der Waals surface area contributed by atoms with Crippen molar-refractivity contribution in [3.05, 3.63) is 57.0 Å². The number of amides is 2. The number of non-ortho nitro benzene ring substituents is 1. The van der Waals surface area contributed by atoms with E-state index in [9.17, 15) is 14.9 Å². The molecule has 1 aromatic carbocycles. The first-order chi connectivity index (χ1) is 15.7. The molecule has 0 aliphatic carbocycles. The zero-order valence-electron chi connectivity index (χ0n) is 20.2. The molecule has 0 spiro atoms. The Morgan fingerprint density at radius 2 is 1.76 bits per heavy atom. The van der Waals surface area contributed by atoms with Crippen LogP contribution in [0.2, 0.25) is 0 Å². The van der Waals surface area contributed by atoms with Crippen molar-refractivity contribution in [1.29, 1.82) is 0 Å². The van der Waals surface area contributed by atoms with Crippen LogP contribution in [-0.4, -0.2) is 58.0 Å². The molecule has 1 atom stereocenters. The van der Waals surface area contributed by atoms with Gasteiger partial charge >= 0.3 is 6.03 Å². The highest BCUT2D eigenvalue weighted by atomic mass is 16.6. The number of aromatic nitrogens is 2. The van der Waals surface area contributed by atoms with Gasteiger partial charge in [0.05, 0.1) is 4.92 Å². The Morgan fingerprint density at radius 3 is 2.30 bits per heavy atom. The van der Waals surface area contributed by atoms with Crippen LogP contribution >= 0.6 is 0 Å². The van der Waals surface area contributed by atoms with Gasteiger partial charge in [-0.1, -0.05) is 26.0 Å². The molecule has 9 heteroatoms. The second-order valence-electron chi connectivity index (χ2n) is 8.96. The van der Waals surface area contributed by atoms with E-state index in [-0.39, 0.29) is 28.6 Å². The summed E-state index contributed by atoms with van der Waals surface area (Å²) in [5, 5.41) is 14.0. The molecule has 0 radical (unpaired) electrons. The summed E-state index contributed by atoms with van der Waals surface area (Å²) in [6, 6.07) is 6.72. The van der Waals surface area contributed by atoms with Crippen molar-refractivity contribution in [3.63, 3.8) is 0 Å². The minimum atomic E-state index is -0.389. The minimum Gasteiger partial charge on any atom is -0.353 e. The second kappa shape index (κ2) is 10.6. The maximum absolute atomic E-state index is 12.4. The van der Waals surface area contributed by atoms with E-state index in [2.05, 4.69) is 24.1 Å². The molecule has 1 saturated heterocycles. The Kier molecular flexibility index (Phi) is 7.84. The highest BCUT2D eigenvalue weighted by Crippen LogP contribution is 2.28. The Hall–Kier alpha value is -3.23. The van der Waals surface area contributed by atoms with E-state index in [0.717, 1.165) is 34.9 Å². The minimum absolute atomic E-state index is 0.0325. The van der Waals surface area contributed by atoms with Gasteiger partial charge in [-0.25, -0.2) is 14.8 Å². The highest BCUT2D eigenvalue weighted by molar-refractivity contribution is 5.74. The fraction of sp³-hybridized carbons (Fsp3) is 0.542. The van der Waals surface area contributed by atoms with E-state index < -0.39 is 0 Å². The summed E-state index contributed by atoms with van der Waals surface area (Å²) in [6.07, 6.45) is 1.54. The zero-order valence-corrected chi connectivity index (χ0v) is 20.2. The van der Waals surface area contributed by atoms with Crippen molar-refractivity contribution in [2.45, 2.75) is 59.4 Å². The Bertz CT molecular complexity index is 984. The van der Waals surface area contributed by atoms with Crippen molar-refractivity contribution in [3.8, 4) is 0 Å². The molecule has 3 rings (SSSR count). The maximum atomic E-state index is 12.4. The largest absolute Gasteiger partial charge is 0.353 e. The summed E-state index contributed by atoms with van der Waals surface area (Å²) in [7, 11) is 0. The van der Waals surface area contributed by atoms with Crippen LogP contribution in [0.25, 0.3) is 0 Å². The number of nitro groups is 1. The number of hydrogen-bond acceptors (Lipinski definition) is 6. The van der Waals surface area contributed by atoms with Crippen LogP contribution in [0.5, 0.6) is 0 Å². The smallest absolute Gasteiger partial charge is 0.317 e. The fourth-order valence-corrected chi connectivity index (χ4v) is 3.87. The van der Waals surface area contributed by atoms with Gasteiger partial charge in [0.25, 0.3) is 5.69 Å². The van der Waals surface area contributed by atoms with Gasteiger partial charge in [0.15, 0.2) is 0 Å². The lowest BCUT2D eigenvalue weighted by Crippen LogP contribution is -2.53. The summed E-state index contributed by atoms with van der Waals surface area (Å²) in [5.74, 6) is 1.98. The molecular formula is C24H34N6O3. The van der Waals surface area contributed by atoms with Gasteiger partial charge in [-0.15, -0.1) is 0 Å². The maximum Gasteiger partial charge on any atom is 0.317 e. The average molecular weight is 455 g/mol. The SMILES string of the molecule is CC[C@@H](C)c1nc(C)c(Cc2ccc([N+](=O)[O-])cc2)c(N2CCN(C(=O)NC(C)C)CC2)n1. The van der Waals surface area contributed by atoms with Crippen LogP contribution in [0.1, 0.15) is 62.7 Å². The molecule has 0 saturated carbocycles. The molecule has 0 unspecified atom stereocenters. The lowest BCUT2D eigenvalue weighted by molar-refractivity contribution is -0.384. The first-order valence-corrected chi connectivity index (χ1v) is 11.6. The summed E-state index contributed by atoms with van der Waals surface area (Å²) in [5.41, 5.74) is 3.00. The lowest BCUT2D eigenvalue weighted by atomic mass is 10.0. The highest BCUT2D eigenvalue weighted by Gasteiger charge is 2.26. The van der Waals surface area contributed by atoms with Crippen molar-refractivity contribution in [2.75, 3.05) is 31.1 Å². The zero-order chi connectivity index (χ0) is 24.1. The van der Waals surface area contributed by atoms with Gasteiger partial charge in [0.2, 0.25) is 0 Å². The van der Waals surface area contributed by atoms with Crippen molar-refractivity contribution < 1.29 is 9.72 Å². The molecule has 2 aromatic rings. The van der Waals surface area contributed by atoms with Crippen molar-refractivity contribution >= 4 is 17.5 Å². The van der Waals surface area contributed by atoms with E-state index in [4.69, 9.17) is 9.97 Å². The summed E-state index contributed by atoms with van der Waals surface area (Å²) in [6.45, 7) is 12.8. The summed E-state index contributed by atoms with van der Waals surface area (Å²) >= 11 is 0. The van der Waals surface area contributed by atoms with Gasteiger partial charge in [0, 0.05) is 67.9 Å². The molecule has 2 amide bonds. The number of anilines is 1. The van der Waals surface area contributed by atoms with E-state index in [1.54, 1.807) is 12.1 Å². The van der Waals surface area contributed by atoms with Gasteiger partial charge < -0.3 is 15.1 Å². The molecule has 1 N–H and O–H groups in total. The van der Waals surface area contributed by atoms with Gasteiger partial charge in [-0.2, -0.15) is 0 Å². The monoisotopic (exact) mass is 454 g/mol. The molecule has 0 bridgehead atoms. The fourth-order valence-electron chi connectivity index (χ4n) is 3.87. The lowest BCUT2D eigenvalue weighted by Gasteiger charge is -2.37.